The molecule has 17 unspecified atom stereocenters. The van der Waals surface area contributed by atoms with Gasteiger partial charge in [0.05, 0.1) is 38.6 Å². The molecule has 3 aliphatic heterocycles. The minimum absolute atomic E-state index is 0.245. The molecule has 93 heavy (non-hydrogen) atoms. The number of carbonyl (C=O) groups is 1. The predicted octanol–water partition coefficient (Wildman–Crippen LogP) is 10.7. The lowest BCUT2D eigenvalue weighted by Gasteiger charge is -2.48. The van der Waals surface area contributed by atoms with Crippen molar-refractivity contribution in [3.8, 4) is 0 Å². The summed E-state index contributed by atoms with van der Waals surface area (Å²) < 4.78 is 34.5. The number of allylic oxidation sites excluding steroid dienone is 10. The molecule has 0 spiro atoms. The zero-order chi connectivity index (χ0) is 67.5. The van der Waals surface area contributed by atoms with Gasteiger partial charge in [0.15, 0.2) is 18.9 Å². The summed E-state index contributed by atoms with van der Waals surface area (Å²) >= 11 is 0. The number of nitrogens with one attached hydrogen (secondary N) is 1. The molecule has 0 radical (unpaired) electrons. The number of aliphatic hydroxyl groups excluding tert-OH is 11. The first-order valence-corrected chi connectivity index (χ1v) is 37.0. The van der Waals surface area contributed by atoms with E-state index in [1.54, 1.807) is 0 Å². The van der Waals surface area contributed by atoms with Gasteiger partial charge in [-0.25, -0.2) is 0 Å². The molecule has 3 heterocycles. The van der Waals surface area contributed by atoms with Crippen molar-refractivity contribution in [3.05, 3.63) is 60.8 Å². The van der Waals surface area contributed by atoms with Gasteiger partial charge < -0.3 is 89.9 Å². The Balaban J connectivity index is 1.41. The Morgan fingerprint density at radius 1 is 0.398 bits per heavy atom. The Bertz CT molecular complexity index is 1920. The van der Waals surface area contributed by atoms with Gasteiger partial charge in [-0.1, -0.05) is 267 Å². The lowest BCUT2D eigenvalue weighted by Crippen LogP contribution is -2.66. The zero-order valence-electron chi connectivity index (χ0n) is 57.5. The van der Waals surface area contributed by atoms with E-state index in [1.807, 2.05) is 0 Å². The molecule has 0 aromatic rings. The Kier molecular flexibility index (Phi) is 50.4. The second-order valence-electron chi connectivity index (χ2n) is 26.4. The fourth-order valence-electron chi connectivity index (χ4n) is 12.4. The van der Waals surface area contributed by atoms with E-state index in [-0.39, 0.29) is 18.9 Å². The zero-order valence-corrected chi connectivity index (χ0v) is 57.5. The van der Waals surface area contributed by atoms with Gasteiger partial charge in [-0.15, -0.1) is 0 Å². The third-order valence-corrected chi connectivity index (χ3v) is 18.4. The average molecular weight is 1320 g/mol. The van der Waals surface area contributed by atoms with E-state index < -0.39 is 124 Å². The maximum Gasteiger partial charge on any atom is 0.220 e. The first-order chi connectivity index (χ1) is 45.3. The molecule has 17 atom stereocenters. The summed E-state index contributed by atoms with van der Waals surface area (Å²) in [4.78, 5) is 13.5. The Morgan fingerprint density at radius 2 is 0.742 bits per heavy atom. The number of amides is 1. The van der Waals surface area contributed by atoms with Gasteiger partial charge in [0, 0.05) is 6.42 Å². The molecule has 0 bridgehead atoms. The number of aliphatic hydroxyl groups is 11. The number of unbranched alkanes of at least 4 members (excludes halogenated alkanes) is 31. The third kappa shape index (κ3) is 36.8. The van der Waals surface area contributed by atoms with Crippen LogP contribution in [0.2, 0.25) is 0 Å². The third-order valence-electron chi connectivity index (χ3n) is 18.4. The molecular formula is C74H133NO18. The van der Waals surface area contributed by atoms with Crippen LogP contribution < -0.4 is 5.32 Å². The highest BCUT2D eigenvalue weighted by Gasteiger charge is 2.53. The van der Waals surface area contributed by atoms with Crippen molar-refractivity contribution in [1.29, 1.82) is 0 Å². The molecule has 3 fully saturated rings. The molecule has 0 aliphatic carbocycles. The number of hydrogen-bond acceptors (Lipinski definition) is 18. The van der Waals surface area contributed by atoms with E-state index in [4.69, 9.17) is 28.4 Å². The van der Waals surface area contributed by atoms with E-state index in [9.17, 15) is 61.0 Å². The maximum absolute atomic E-state index is 13.5. The van der Waals surface area contributed by atoms with Crippen LogP contribution in [-0.4, -0.2) is 193 Å². The van der Waals surface area contributed by atoms with E-state index in [2.05, 4.69) is 79.9 Å². The molecule has 3 aliphatic rings. The summed E-state index contributed by atoms with van der Waals surface area (Å²) in [6.45, 7) is 1.71. The van der Waals surface area contributed by atoms with Crippen molar-refractivity contribution >= 4 is 5.91 Å². The topological polar surface area (TPSA) is 307 Å². The van der Waals surface area contributed by atoms with Crippen molar-refractivity contribution in [2.75, 3.05) is 26.4 Å². The highest BCUT2D eigenvalue weighted by Crippen LogP contribution is 2.33. The number of hydrogen-bond donors (Lipinski definition) is 12. The van der Waals surface area contributed by atoms with E-state index >= 15 is 0 Å². The van der Waals surface area contributed by atoms with Crippen LogP contribution in [0.5, 0.6) is 0 Å². The van der Waals surface area contributed by atoms with Crippen LogP contribution in [0.15, 0.2) is 60.8 Å². The van der Waals surface area contributed by atoms with Gasteiger partial charge in [0.1, 0.15) is 73.2 Å². The Hall–Kier alpha value is -2.51. The summed E-state index contributed by atoms with van der Waals surface area (Å²) in [6, 6.07) is -0.893. The molecule has 19 nitrogen and oxygen atoms in total. The lowest BCUT2D eigenvalue weighted by atomic mass is 9.96. The lowest BCUT2D eigenvalue weighted by molar-refractivity contribution is -0.379. The molecule has 542 valence electrons. The summed E-state index contributed by atoms with van der Waals surface area (Å²) in [5.41, 5.74) is 0. The molecule has 3 saturated heterocycles. The number of ether oxygens (including phenoxy) is 6. The highest BCUT2D eigenvalue weighted by atomic mass is 16.8. The van der Waals surface area contributed by atoms with Crippen LogP contribution >= 0.6 is 0 Å². The van der Waals surface area contributed by atoms with Gasteiger partial charge in [0.25, 0.3) is 0 Å². The second kappa shape index (κ2) is 55.4. The van der Waals surface area contributed by atoms with E-state index in [1.165, 1.54) is 154 Å². The van der Waals surface area contributed by atoms with Gasteiger partial charge >= 0.3 is 0 Å². The fourth-order valence-corrected chi connectivity index (χ4v) is 12.4. The molecule has 19 heteroatoms. The van der Waals surface area contributed by atoms with Crippen molar-refractivity contribution in [2.24, 2.45) is 0 Å². The smallest absolute Gasteiger partial charge is 0.220 e. The molecule has 0 aromatic heterocycles. The van der Waals surface area contributed by atoms with Crippen LogP contribution in [0.4, 0.5) is 0 Å². The summed E-state index contributed by atoms with van der Waals surface area (Å²) in [6.07, 6.45) is 41.4. The predicted molar refractivity (Wildman–Crippen MR) is 365 cm³/mol. The summed E-state index contributed by atoms with van der Waals surface area (Å²) in [5.74, 6) is -0.245. The van der Waals surface area contributed by atoms with Crippen molar-refractivity contribution < 1.29 is 89.4 Å². The minimum atomic E-state index is -1.97. The molecule has 3 rings (SSSR count). The van der Waals surface area contributed by atoms with Crippen LogP contribution in [0, 0.1) is 0 Å². The maximum atomic E-state index is 13.5. The normalized spacial score (nSPS) is 27.9. The largest absolute Gasteiger partial charge is 0.394 e. The van der Waals surface area contributed by atoms with Gasteiger partial charge in [-0.05, 0) is 57.8 Å². The van der Waals surface area contributed by atoms with Gasteiger partial charge in [-0.2, -0.15) is 0 Å². The quantitative estimate of drug-likeness (QED) is 0.0199. The van der Waals surface area contributed by atoms with Crippen LogP contribution in [0.25, 0.3) is 0 Å². The van der Waals surface area contributed by atoms with Crippen molar-refractivity contribution in [3.63, 3.8) is 0 Å². The standard InChI is InChI=1S/C74H133NO18/c1-3-5-7-9-11-13-15-17-19-21-23-25-26-27-28-29-30-32-34-36-38-40-42-44-46-48-50-52-62(80)75-57(58(79)51-49-47-45-43-41-39-37-35-33-31-24-22-20-18-16-14-12-10-8-6-4-2)56-88-72-68(86)65(83)70(60(54-77)90-72)93-74-69(87)66(84)71(61(55-78)91-74)92-73-67(85)64(82)63(81)59(53-76)89-73/h5,7,11,13,17,19,23,25,27-28,57-61,63-74,76-79,81-87H,3-4,6,8-10,12,14-16,18,20-22,24,26,29-56H2,1-2H3,(H,75,80)/b7-5-,13-11-,19-17-,25-23-,28-27-. The first kappa shape index (κ1) is 84.7. The monoisotopic (exact) mass is 1320 g/mol. The van der Waals surface area contributed by atoms with E-state index in [0.717, 1.165) is 83.5 Å². The highest BCUT2D eigenvalue weighted by molar-refractivity contribution is 5.76. The Morgan fingerprint density at radius 3 is 1.16 bits per heavy atom. The molecule has 0 saturated carbocycles. The van der Waals surface area contributed by atoms with Gasteiger partial charge in [0.2, 0.25) is 5.91 Å². The summed E-state index contributed by atoms with van der Waals surface area (Å²) in [7, 11) is 0. The number of rotatable bonds is 57. The second-order valence-corrected chi connectivity index (χ2v) is 26.4. The fraction of sp³-hybridized carbons (Fsp3) is 0.851. The molecule has 1 amide bonds. The van der Waals surface area contributed by atoms with E-state index in [0.29, 0.717) is 12.8 Å². The van der Waals surface area contributed by atoms with Gasteiger partial charge in [-0.3, -0.25) is 4.79 Å². The molecular weight excluding hydrogens is 1190 g/mol. The minimum Gasteiger partial charge on any atom is -0.394 e. The average Bonchev–Trinajstić information content (AvgIpc) is 0.902. The van der Waals surface area contributed by atoms with Crippen LogP contribution in [-0.2, 0) is 33.2 Å². The Labute approximate surface area is 560 Å². The SMILES string of the molecule is CC/C=C\C/C=C\C/C=C\C/C=C\C/C=C\CCCCCCCCCCCCCC(=O)NC(COC1OC(CO)C(OC2OC(CO)C(OC3OC(CO)C(O)C(O)C3O)C(O)C2O)C(O)C1O)C(O)CCCCCCCCCCCCCCCCCCCCCCC. The van der Waals surface area contributed by atoms with Crippen LogP contribution in [0.3, 0.4) is 0 Å². The van der Waals surface area contributed by atoms with Crippen molar-refractivity contribution in [1.82, 2.24) is 5.32 Å². The molecule has 12 N–H and O–H groups in total. The van der Waals surface area contributed by atoms with Crippen molar-refractivity contribution in [2.45, 2.75) is 375 Å². The molecule has 0 aromatic carbocycles. The first-order valence-electron chi connectivity index (χ1n) is 37.0. The summed E-state index contributed by atoms with van der Waals surface area (Å²) in [5, 5.41) is 121. The number of carbonyl (C=O) groups excluding carboxylic acids is 1. The van der Waals surface area contributed by atoms with Crippen LogP contribution in [0.1, 0.15) is 271 Å².